The molecular formula is C13H11BrINO. The highest BCUT2D eigenvalue weighted by Gasteiger charge is 2.03. The molecule has 0 aromatic heterocycles. The van der Waals surface area contributed by atoms with Crippen molar-refractivity contribution in [2.24, 2.45) is 0 Å². The zero-order valence-corrected chi connectivity index (χ0v) is 12.9. The van der Waals surface area contributed by atoms with Crippen molar-refractivity contribution in [1.82, 2.24) is 0 Å². The van der Waals surface area contributed by atoms with Crippen LogP contribution in [0.1, 0.15) is 0 Å². The minimum absolute atomic E-state index is 0.841. The van der Waals surface area contributed by atoms with Gasteiger partial charge in [-0.25, -0.2) is 0 Å². The molecule has 2 rings (SSSR count). The third kappa shape index (κ3) is 3.35. The number of benzene rings is 2. The van der Waals surface area contributed by atoms with E-state index in [9.17, 15) is 0 Å². The van der Waals surface area contributed by atoms with E-state index >= 15 is 0 Å². The normalized spacial score (nSPS) is 10.1. The number of halogens is 2. The second-order valence-corrected chi connectivity index (χ2v) is 5.64. The molecule has 0 spiro atoms. The highest BCUT2D eigenvalue weighted by atomic mass is 127. The monoisotopic (exact) mass is 403 g/mol. The van der Waals surface area contributed by atoms with E-state index in [0.717, 1.165) is 21.6 Å². The Morgan fingerprint density at radius 2 is 1.82 bits per heavy atom. The van der Waals surface area contributed by atoms with Crippen LogP contribution in [0.3, 0.4) is 0 Å². The summed E-state index contributed by atoms with van der Waals surface area (Å²) in [7, 11) is 1.68. The first kappa shape index (κ1) is 12.7. The van der Waals surface area contributed by atoms with Crippen LogP contribution in [-0.2, 0) is 0 Å². The molecule has 0 saturated heterocycles. The van der Waals surface area contributed by atoms with Gasteiger partial charge in [-0.05, 0) is 65.1 Å². The van der Waals surface area contributed by atoms with Crippen molar-refractivity contribution >= 4 is 49.9 Å². The molecule has 0 saturated carbocycles. The molecule has 0 amide bonds. The van der Waals surface area contributed by atoms with Gasteiger partial charge in [0.05, 0.1) is 12.8 Å². The van der Waals surface area contributed by atoms with Crippen LogP contribution >= 0.6 is 38.5 Å². The topological polar surface area (TPSA) is 21.3 Å². The van der Waals surface area contributed by atoms with Crippen molar-refractivity contribution in [3.63, 3.8) is 0 Å². The summed E-state index contributed by atoms with van der Waals surface area (Å²) in [6.07, 6.45) is 0. The number of anilines is 2. The molecule has 0 aliphatic heterocycles. The van der Waals surface area contributed by atoms with Crippen LogP contribution in [0.2, 0.25) is 0 Å². The SMILES string of the molecule is COc1ccc(I)cc1Nc1ccc(Br)cc1. The van der Waals surface area contributed by atoms with Gasteiger partial charge < -0.3 is 10.1 Å². The maximum atomic E-state index is 5.32. The summed E-state index contributed by atoms with van der Waals surface area (Å²) in [5, 5.41) is 3.34. The van der Waals surface area contributed by atoms with E-state index in [1.165, 1.54) is 3.57 Å². The zero-order valence-electron chi connectivity index (χ0n) is 9.21. The molecular weight excluding hydrogens is 393 g/mol. The summed E-state index contributed by atoms with van der Waals surface area (Å²) in [5.74, 6) is 0.841. The van der Waals surface area contributed by atoms with Gasteiger partial charge in [0.25, 0.3) is 0 Å². The van der Waals surface area contributed by atoms with Gasteiger partial charge >= 0.3 is 0 Å². The summed E-state index contributed by atoms with van der Waals surface area (Å²) in [6.45, 7) is 0. The number of hydrogen-bond acceptors (Lipinski definition) is 2. The lowest BCUT2D eigenvalue weighted by Crippen LogP contribution is -1.94. The highest BCUT2D eigenvalue weighted by Crippen LogP contribution is 2.29. The lowest BCUT2D eigenvalue weighted by molar-refractivity contribution is 0.416. The quantitative estimate of drug-likeness (QED) is 0.742. The Kier molecular flexibility index (Phi) is 4.28. The number of ether oxygens (including phenoxy) is 1. The van der Waals surface area contributed by atoms with Crippen LogP contribution in [0.5, 0.6) is 5.75 Å². The summed E-state index contributed by atoms with van der Waals surface area (Å²) in [4.78, 5) is 0. The lowest BCUT2D eigenvalue weighted by Gasteiger charge is -2.11. The molecule has 0 aliphatic rings. The van der Waals surface area contributed by atoms with Gasteiger partial charge in [0.15, 0.2) is 0 Å². The Labute approximate surface area is 123 Å². The van der Waals surface area contributed by atoms with Crippen LogP contribution in [0.25, 0.3) is 0 Å². The number of nitrogens with one attached hydrogen (secondary N) is 1. The van der Waals surface area contributed by atoms with Gasteiger partial charge in [0.2, 0.25) is 0 Å². The molecule has 4 heteroatoms. The maximum Gasteiger partial charge on any atom is 0.142 e. The van der Waals surface area contributed by atoms with Crippen molar-refractivity contribution in [2.75, 3.05) is 12.4 Å². The fourth-order valence-corrected chi connectivity index (χ4v) is 2.22. The molecule has 0 radical (unpaired) electrons. The predicted octanol–water partition coefficient (Wildman–Crippen LogP) is 4.81. The van der Waals surface area contributed by atoms with Crippen molar-refractivity contribution < 1.29 is 4.74 Å². The first-order valence-corrected chi connectivity index (χ1v) is 6.92. The van der Waals surface area contributed by atoms with Crippen LogP contribution in [0.4, 0.5) is 11.4 Å². The largest absolute Gasteiger partial charge is 0.495 e. The lowest BCUT2D eigenvalue weighted by atomic mass is 10.2. The van der Waals surface area contributed by atoms with E-state index < -0.39 is 0 Å². The Balaban J connectivity index is 2.28. The molecule has 17 heavy (non-hydrogen) atoms. The van der Waals surface area contributed by atoms with Gasteiger partial charge in [0, 0.05) is 13.7 Å². The molecule has 0 unspecified atom stereocenters. The highest BCUT2D eigenvalue weighted by molar-refractivity contribution is 14.1. The molecule has 0 aliphatic carbocycles. The van der Waals surface area contributed by atoms with Crippen LogP contribution in [0.15, 0.2) is 46.9 Å². The standard InChI is InChI=1S/C13H11BrINO/c1-17-13-7-4-10(15)8-12(13)16-11-5-2-9(14)3-6-11/h2-8,16H,1H3. The van der Waals surface area contributed by atoms with E-state index in [1.807, 2.05) is 36.4 Å². The summed E-state index contributed by atoms with van der Waals surface area (Å²) in [6, 6.07) is 14.1. The van der Waals surface area contributed by atoms with Crippen LogP contribution < -0.4 is 10.1 Å². The number of rotatable bonds is 3. The van der Waals surface area contributed by atoms with Gasteiger partial charge in [-0.3, -0.25) is 0 Å². The molecule has 0 fully saturated rings. The number of methoxy groups -OCH3 is 1. The van der Waals surface area contributed by atoms with E-state index in [0.29, 0.717) is 0 Å². The van der Waals surface area contributed by atoms with Gasteiger partial charge in [-0.15, -0.1) is 0 Å². The Morgan fingerprint density at radius 3 is 2.47 bits per heavy atom. The molecule has 0 atom stereocenters. The summed E-state index contributed by atoms with van der Waals surface area (Å²) < 4.78 is 7.56. The average molecular weight is 404 g/mol. The van der Waals surface area contributed by atoms with Crippen molar-refractivity contribution in [3.05, 3.63) is 50.5 Å². The average Bonchev–Trinajstić information content (AvgIpc) is 2.32. The second-order valence-electron chi connectivity index (χ2n) is 3.48. The minimum atomic E-state index is 0.841. The Hall–Kier alpha value is -0.750. The fraction of sp³-hybridized carbons (Fsp3) is 0.0769. The molecule has 0 bridgehead atoms. The zero-order chi connectivity index (χ0) is 12.3. The van der Waals surface area contributed by atoms with Crippen LogP contribution in [-0.4, -0.2) is 7.11 Å². The first-order valence-electron chi connectivity index (χ1n) is 5.05. The third-order valence-electron chi connectivity index (χ3n) is 2.28. The molecule has 2 nitrogen and oxygen atoms in total. The fourth-order valence-electron chi connectivity index (χ4n) is 1.47. The van der Waals surface area contributed by atoms with Crippen molar-refractivity contribution in [1.29, 1.82) is 0 Å². The molecule has 0 heterocycles. The van der Waals surface area contributed by atoms with Gasteiger partial charge in [-0.2, -0.15) is 0 Å². The smallest absolute Gasteiger partial charge is 0.142 e. The van der Waals surface area contributed by atoms with E-state index in [4.69, 9.17) is 4.74 Å². The molecule has 2 aromatic rings. The predicted molar refractivity (Wildman–Crippen MR) is 83.1 cm³/mol. The second kappa shape index (κ2) is 5.73. The summed E-state index contributed by atoms with van der Waals surface area (Å²) >= 11 is 5.70. The Bertz CT molecular complexity index is 513. The van der Waals surface area contributed by atoms with Gasteiger partial charge in [-0.1, -0.05) is 15.9 Å². The van der Waals surface area contributed by atoms with E-state index in [1.54, 1.807) is 7.11 Å². The Morgan fingerprint density at radius 1 is 1.12 bits per heavy atom. The van der Waals surface area contributed by atoms with E-state index in [-0.39, 0.29) is 0 Å². The van der Waals surface area contributed by atoms with Crippen LogP contribution in [0, 0.1) is 3.57 Å². The van der Waals surface area contributed by atoms with Crippen molar-refractivity contribution in [2.45, 2.75) is 0 Å². The van der Waals surface area contributed by atoms with Crippen molar-refractivity contribution in [3.8, 4) is 5.75 Å². The molecule has 88 valence electrons. The summed E-state index contributed by atoms with van der Waals surface area (Å²) in [5.41, 5.74) is 2.01. The molecule has 2 aromatic carbocycles. The van der Waals surface area contributed by atoms with E-state index in [2.05, 4.69) is 49.9 Å². The maximum absolute atomic E-state index is 5.32. The number of hydrogen-bond donors (Lipinski definition) is 1. The third-order valence-corrected chi connectivity index (χ3v) is 3.48. The first-order chi connectivity index (χ1) is 8.19. The molecule has 1 N–H and O–H groups in total. The van der Waals surface area contributed by atoms with Gasteiger partial charge in [0.1, 0.15) is 5.75 Å². The minimum Gasteiger partial charge on any atom is -0.495 e.